The number of aliphatic hydroxyl groups is 1. The zero-order valence-electron chi connectivity index (χ0n) is 11.4. The zero-order chi connectivity index (χ0) is 15.7. The van der Waals surface area contributed by atoms with Gasteiger partial charge in [0, 0.05) is 29.0 Å². The minimum absolute atomic E-state index is 0.0491. The molecule has 0 heterocycles. The number of nitrogens with zero attached hydrogens (tertiary/aromatic N) is 1. The van der Waals surface area contributed by atoms with E-state index in [0.717, 1.165) is 12.1 Å². The molecule has 0 saturated carbocycles. The van der Waals surface area contributed by atoms with Gasteiger partial charge in [-0.3, -0.25) is 9.79 Å². The normalized spacial score (nSPS) is 14.0. The van der Waals surface area contributed by atoms with E-state index >= 15 is 0 Å². The van der Waals surface area contributed by atoms with E-state index in [1.54, 1.807) is 24.3 Å². The lowest BCUT2D eigenvalue weighted by atomic mass is 10.1. The highest BCUT2D eigenvalue weighted by atomic mass is 19.1. The molecule has 2 aromatic carbocycles. The van der Waals surface area contributed by atoms with Gasteiger partial charge in [0.25, 0.3) is 0 Å². The first-order chi connectivity index (χ1) is 10.6. The lowest BCUT2D eigenvalue weighted by Gasteiger charge is -1.99. The maximum atomic E-state index is 13.5. The lowest BCUT2D eigenvalue weighted by Crippen LogP contribution is -2.00. The van der Waals surface area contributed by atoms with Crippen molar-refractivity contribution in [2.75, 3.05) is 0 Å². The Morgan fingerprint density at radius 3 is 2.50 bits per heavy atom. The van der Waals surface area contributed by atoms with Crippen molar-refractivity contribution in [2.24, 2.45) is 4.99 Å². The van der Waals surface area contributed by atoms with E-state index in [4.69, 9.17) is 0 Å². The van der Waals surface area contributed by atoms with Gasteiger partial charge in [-0.15, -0.1) is 0 Å². The number of Topliss-reactive ketones (excluding diaryl/α,β-unsaturated/α-hetero) is 1. The number of ketones is 1. The Morgan fingerprint density at radius 1 is 1.09 bits per heavy atom. The number of hydrogen-bond donors (Lipinski definition) is 1. The first kappa shape index (κ1) is 14.1. The van der Waals surface area contributed by atoms with E-state index in [0.29, 0.717) is 11.1 Å². The highest BCUT2D eigenvalue weighted by Crippen LogP contribution is 2.29. The van der Waals surface area contributed by atoms with Crippen LogP contribution in [0.25, 0.3) is 5.76 Å². The van der Waals surface area contributed by atoms with Gasteiger partial charge in [0.1, 0.15) is 17.4 Å². The third-order valence-electron chi connectivity index (χ3n) is 3.42. The van der Waals surface area contributed by atoms with E-state index in [2.05, 4.69) is 4.99 Å². The number of hydrogen-bond acceptors (Lipinski definition) is 3. The van der Waals surface area contributed by atoms with Crippen LogP contribution in [0.5, 0.6) is 0 Å². The average Bonchev–Trinajstić information content (AvgIpc) is 2.75. The summed E-state index contributed by atoms with van der Waals surface area (Å²) in [4.78, 5) is 16.1. The van der Waals surface area contributed by atoms with Crippen molar-refractivity contribution in [2.45, 2.75) is 6.54 Å². The Kier molecular flexibility index (Phi) is 3.55. The van der Waals surface area contributed by atoms with Crippen molar-refractivity contribution in [1.82, 2.24) is 0 Å². The summed E-state index contributed by atoms with van der Waals surface area (Å²) in [5, 5.41) is 10.0. The van der Waals surface area contributed by atoms with Gasteiger partial charge in [-0.1, -0.05) is 30.3 Å². The summed E-state index contributed by atoms with van der Waals surface area (Å²) >= 11 is 0. The van der Waals surface area contributed by atoms with Crippen LogP contribution in [0.1, 0.15) is 21.5 Å². The summed E-state index contributed by atoms with van der Waals surface area (Å²) in [7, 11) is 0. The molecule has 0 aromatic heterocycles. The van der Waals surface area contributed by atoms with Crippen molar-refractivity contribution >= 4 is 17.8 Å². The highest BCUT2D eigenvalue weighted by Gasteiger charge is 2.27. The van der Waals surface area contributed by atoms with Crippen LogP contribution in [0.2, 0.25) is 0 Å². The molecule has 3 nitrogen and oxygen atoms in total. The minimum Gasteiger partial charge on any atom is -0.506 e. The molecule has 110 valence electrons. The van der Waals surface area contributed by atoms with Crippen LogP contribution >= 0.6 is 0 Å². The van der Waals surface area contributed by atoms with Gasteiger partial charge in [-0.2, -0.15) is 0 Å². The van der Waals surface area contributed by atoms with Crippen LogP contribution in [-0.4, -0.2) is 17.1 Å². The average molecular weight is 299 g/mol. The topological polar surface area (TPSA) is 49.7 Å². The van der Waals surface area contributed by atoms with Crippen molar-refractivity contribution in [3.63, 3.8) is 0 Å². The van der Waals surface area contributed by atoms with E-state index in [1.165, 1.54) is 12.3 Å². The maximum Gasteiger partial charge on any atom is 0.199 e. The first-order valence-electron chi connectivity index (χ1n) is 6.59. The van der Waals surface area contributed by atoms with E-state index < -0.39 is 11.6 Å². The van der Waals surface area contributed by atoms with Gasteiger partial charge in [-0.05, 0) is 6.07 Å². The molecule has 0 saturated heterocycles. The van der Waals surface area contributed by atoms with Crippen LogP contribution in [0.3, 0.4) is 0 Å². The first-order valence-corrected chi connectivity index (χ1v) is 6.59. The molecule has 2 aromatic rings. The second-order valence-corrected chi connectivity index (χ2v) is 4.84. The monoisotopic (exact) mass is 299 g/mol. The van der Waals surface area contributed by atoms with Gasteiger partial charge in [0.2, 0.25) is 0 Å². The zero-order valence-corrected chi connectivity index (χ0v) is 11.4. The Hall–Kier alpha value is -2.82. The number of fused-ring (bicyclic) bond motifs is 1. The Balaban J connectivity index is 1.82. The molecule has 0 amide bonds. The van der Waals surface area contributed by atoms with E-state index in [9.17, 15) is 18.7 Å². The molecule has 0 fully saturated rings. The van der Waals surface area contributed by atoms with Gasteiger partial charge < -0.3 is 5.11 Å². The molecule has 22 heavy (non-hydrogen) atoms. The molecule has 1 N–H and O–H groups in total. The number of allylic oxidation sites excluding steroid dienone is 1. The molecule has 0 aliphatic heterocycles. The summed E-state index contributed by atoms with van der Waals surface area (Å²) in [6.45, 7) is -0.0491. The van der Waals surface area contributed by atoms with Gasteiger partial charge in [0.05, 0.1) is 12.1 Å². The number of aliphatic imine (C=N–C) groups is 1. The molecule has 0 radical (unpaired) electrons. The van der Waals surface area contributed by atoms with E-state index in [-0.39, 0.29) is 29.2 Å². The van der Waals surface area contributed by atoms with E-state index in [1.807, 2.05) is 0 Å². The number of rotatable bonds is 3. The number of carbonyl (C=O) groups is 1. The van der Waals surface area contributed by atoms with Crippen LogP contribution in [0, 0.1) is 11.6 Å². The molecule has 0 bridgehead atoms. The fraction of sp³-hybridized carbons (Fsp3) is 0.0588. The van der Waals surface area contributed by atoms with Crippen molar-refractivity contribution in [1.29, 1.82) is 0 Å². The van der Waals surface area contributed by atoms with Crippen LogP contribution in [0.15, 0.2) is 53.0 Å². The van der Waals surface area contributed by atoms with Crippen LogP contribution in [-0.2, 0) is 6.54 Å². The van der Waals surface area contributed by atoms with Crippen molar-refractivity contribution < 1.29 is 18.7 Å². The molecule has 0 spiro atoms. The molecule has 3 rings (SSSR count). The fourth-order valence-corrected chi connectivity index (χ4v) is 2.29. The Labute approximate surface area is 125 Å². The van der Waals surface area contributed by atoms with Gasteiger partial charge in [-0.25, -0.2) is 8.78 Å². The Morgan fingerprint density at radius 2 is 1.82 bits per heavy atom. The second-order valence-electron chi connectivity index (χ2n) is 4.84. The minimum atomic E-state index is -0.698. The SMILES string of the molecule is O=C1C(C=NCc2ccc(F)cc2F)=C(O)c2ccccc21. The predicted molar refractivity (Wildman–Crippen MR) is 78.9 cm³/mol. The molecule has 1 aliphatic carbocycles. The molecule has 5 heteroatoms. The molecular formula is C17H11F2NO2. The highest BCUT2D eigenvalue weighted by molar-refractivity contribution is 6.30. The third kappa shape index (κ3) is 2.41. The third-order valence-corrected chi connectivity index (χ3v) is 3.42. The Bertz CT molecular complexity index is 825. The smallest absolute Gasteiger partial charge is 0.199 e. The summed E-state index contributed by atoms with van der Waals surface area (Å²) < 4.78 is 26.3. The largest absolute Gasteiger partial charge is 0.506 e. The van der Waals surface area contributed by atoms with Gasteiger partial charge in [0.15, 0.2) is 5.78 Å². The standard InChI is InChI=1S/C17H11F2NO2/c18-11-6-5-10(15(19)7-11)8-20-9-14-16(21)12-3-1-2-4-13(12)17(14)22/h1-7,9,21H,8H2. The van der Waals surface area contributed by atoms with Crippen LogP contribution in [0.4, 0.5) is 8.78 Å². The van der Waals surface area contributed by atoms with Crippen LogP contribution < -0.4 is 0 Å². The summed E-state index contributed by atoms with van der Waals surface area (Å²) in [5.74, 6) is -1.82. The number of aliphatic hydroxyl groups excluding tert-OH is 1. The summed E-state index contributed by atoms with van der Waals surface area (Å²) in [6.07, 6.45) is 1.22. The summed E-state index contributed by atoms with van der Waals surface area (Å²) in [5.41, 5.74) is 1.15. The molecular weight excluding hydrogens is 288 g/mol. The number of carbonyl (C=O) groups excluding carboxylic acids is 1. The second kappa shape index (κ2) is 5.52. The fourth-order valence-electron chi connectivity index (χ4n) is 2.29. The lowest BCUT2D eigenvalue weighted by molar-refractivity contribution is 0.104. The van der Waals surface area contributed by atoms with Crippen molar-refractivity contribution in [3.8, 4) is 0 Å². The number of halogens is 2. The summed E-state index contributed by atoms with van der Waals surface area (Å²) in [6, 6.07) is 9.90. The predicted octanol–water partition coefficient (Wildman–Crippen LogP) is 3.70. The molecule has 0 atom stereocenters. The quantitative estimate of drug-likeness (QED) is 0.878. The maximum absolute atomic E-state index is 13.5. The molecule has 1 aliphatic rings. The number of benzene rings is 2. The molecule has 0 unspecified atom stereocenters. The van der Waals surface area contributed by atoms with Gasteiger partial charge >= 0.3 is 0 Å². The van der Waals surface area contributed by atoms with Crippen molar-refractivity contribution in [3.05, 3.63) is 76.4 Å².